The van der Waals surface area contributed by atoms with E-state index in [0.717, 1.165) is 33.9 Å². The first kappa shape index (κ1) is 14.3. The molecule has 0 spiro atoms. The van der Waals surface area contributed by atoms with Crippen molar-refractivity contribution in [1.29, 1.82) is 0 Å². The van der Waals surface area contributed by atoms with Crippen LogP contribution in [0.3, 0.4) is 0 Å². The van der Waals surface area contributed by atoms with E-state index in [2.05, 4.69) is 63.4 Å². The van der Waals surface area contributed by atoms with E-state index >= 15 is 0 Å². The molecule has 3 aromatic rings. The molecule has 3 heteroatoms. The summed E-state index contributed by atoms with van der Waals surface area (Å²) >= 11 is 3.56. The van der Waals surface area contributed by atoms with Gasteiger partial charge in [-0.2, -0.15) is 0 Å². The number of aromatic nitrogens is 2. The summed E-state index contributed by atoms with van der Waals surface area (Å²) in [5.41, 5.74) is 5.54. The summed E-state index contributed by atoms with van der Waals surface area (Å²) in [4.78, 5) is 9.12. The van der Waals surface area contributed by atoms with Crippen molar-refractivity contribution in [2.75, 3.05) is 0 Å². The summed E-state index contributed by atoms with van der Waals surface area (Å²) in [5.74, 6) is 0. The van der Waals surface area contributed by atoms with Crippen LogP contribution in [0.15, 0.2) is 71.5 Å². The van der Waals surface area contributed by atoms with Crippen LogP contribution < -0.4 is 0 Å². The highest BCUT2D eigenvalue weighted by atomic mass is 79.9. The molecule has 23 heavy (non-hydrogen) atoms. The molecule has 1 aromatic carbocycles. The van der Waals surface area contributed by atoms with Gasteiger partial charge >= 0.3 is 0 Å². The van der Waals surface area contributed by atoms with E-state index in [1.165, 1.54) is 16.7 Å². The van der Waals surface area contributed by atoms with Gasteiger partial charge in [-0.1, -0.05) is 46.3 Å². The van der Waals surface area contributed by atoms with Crippen LogP contribution in [0.5, 0.6) is 0 Å². The van der Waals surface area contributed by atoms with Crippen molar-refractivity contribution < 1.29 is 0 Å². The smallest absolute Gasteiger partial charge is 0.0746 e. The maximum atomic E-state index is 4.84. The molecular weight excluding hydrogens is 348 g/mol. The molecule has 2 nitrogen and oxygen atoms in total. The summed E-state index contributed by atoms with van der Waals surface area (Å²) in [6.45, 7) is 0. The van der Waals surface area contributed by atoms with E-state index < -0.39 is 0 Å². The quantitative estimate of drug-likeness (QED) is 0.576. The zero-order chi connectivity index (χ0) is 15.6. The number of fused-ring (bicyclic) bond motifs is 1. The lowest BCUT2D eigenvalue weighted by atomic mass is 9.97. The maximum Gasteiger partial charge on any atom is 0.0746 e. The van der Waals surface area contributed by atoms with Crippen LogP contribution in [0, 0.1) is 0 Å². The largest absolute Gasteiger partial charge is 0.264 e. The minimum Gasteiger partial charge on any atom is -0.264 e. The number of nitrogens with zero attached hydrogens (tertiary/aromatic N) is 2. The van der Waals surface area contributed by atoms with Gasteiger partial charge in [0.25, 0.3) is 0 Å². The van der Waals surface area contributed by atoms with Gasteiger partial charge in [0.1, 0.15) is 0 Å². The van der Waals surface area contributed by atoms with Crippen molar-refractivity contribution in [2.24, 2.45) is 0 Å². The predicted molar refractivity (Wildman–Crippen MR) is 99.0 cm³/mol. The van der Waals surface area contributed by atoms with Gasteiger partial charge in [-0.05, 0) is 53.8 Å². The molecule has 0 saturated carbocycles. The minimum absolute atomic E-state index is 0.979. The Morgan fingerprint density at radius 3 is 2.83 bits per heavy atom. The van der Waals surface area contributed by atoms with Gasteiger partial charge in [0, 0.05) is 22.3 Å². The highest BCUT2D eigenvalue weighted by Crippen LogP contribution is 2.32. The molecular formula is C20H15BrN2. The van der Waals surface area contributed by atoms with Crippen LogP contribution in [0.4, 0.5) is 0 Å². The van der Waals surface area contributed by atoms with Crippen molar-refractivity contribution >= 4 is 32.4 Å². The van der Waals surface area contributed by atoms with E-state index in [-0.39, 0.29) is 0 Å². The fourth-order valence-electron chi connectivity index (χ4n) is 2.91. The number of halogens is 1. The molecule has 0 radical (unpaired) electrons. The average molecular weight is 363 g/mol. The second-order valence-corrected chi connectivity index (χ2v) is 6.51. The Bertz CT molecular complexity index is 941. The van der Waals surface area contributed by atoms with E-state index in [9.17, 15) is 0 Å². The molecule has 0 atom stereocenters. The molecule has 0 amide bonds. The molecule has 0 N–H and O–H groups in total. The lowest BCUT2D eigenvalue weighted by molar-refractivity contribution is 1.04. The molecule has 0 saturated heterocycles. The Labute approximate surface area is 143 Å². The molecule has 0 aliphatic heterocycles. The Balaban J connectivity index is 1.98. The van der Waals surface area contributed by atoms with Crippen LogP contribution in [0.25, 0.3) is 27.6 Å². The third-order valence-corrected chi connectivity index (χ3v) is 4.53. The Hall–Kier alpha value is -2.26. The van der Waals surface area contributed by atoms with Crippen LogP contribution in [-0.4, -0.2) is 9.97 Å². The van der Waals surface area contributed by atoms with Gasteiger partial charge in [-0.25, -0.2) is 4.98 Å². The van der Waals surface area contributed by atoms with Gasteiger partial charge in [-0.3, -0.25) is 4.98 Å². The molecule has 2 aromatic heterocycles. The number of hydrogen-bond donors (Lipinski definition) is 0. The minimum atomic E-state index is 0.979. The van der Waals surface area contributed by atoms with Gasteiger partial charge < -0.3 is 0 Å². The van der Waals surface area contributed by atoms with Crippen molar-refractivity contribution in [2.45, 2.75) is 12.8 Å². The molecule has 112 valence electrons. The molecule has 2 heterocycles. The van der Waals surface area contributed by atoms with Crippen LogP contribution in [-0.2, 0) is 0 Å². The van der Waals surface area contributed by atoms with Crippen LogP contribution >= 0.6 is 15.9 Å². The fraction of sp³-hybridized carbons (Fsp3) is 0.100. The first-order chi connectivity index (χ1) is 11.3. The zero-order valence-electron chi connectivity index (χ0n) is 12.5. The van der Waals surface area contributed by atoms with Gasteiger partial charge in [0.05, 0.1) is 11.2 Å². The predicted octanol–water partition coefficient (Wildman–Crippen LogP) is 5.79. The average Bonchev–Trinajstić information content (AvgIpc) is 2.61. The second kappa shape index (κ2) is 6.09. The maximum absolute atomic E-state index is 4.84. The summed E-state index contributed by atoms with van der Waals surface area (Å²) in [6, 6.07) is 12.5. The Kier molecular flexibility index (Phi) is 3.80. The first-order valence-electron chi connectivity index (χ1n) is 7.69. The molecule has 4 rings (SSSR count). The highest BCUT2D eigenvalue weighted by molar-refractivity contribution is 9.10. The summed E-state index contributed by atoms with van der Waals surface area (Å²) in [7, 11) is 0. The standard InChI is InChI=1S/C20H15BrN2/c21-16-8-4-7-15(11-16)17-12-20(14-5-2-1-3-6-14)23-19-9-10-22-13-18(17)19/h2,4-13H,1,3H2. The number of pyridine rings is 2. The van der Waals surface area contributed by atoms with Crippen molar-refractivity contribution in [1.82, 2.24) is 9.97 Å². The van der Waals surface area contributed by atoms with Crippen LogP contribution in [0.2, 0.25) is 0 Å². The second-order valence-electron chi connectivity index (χ2n) is 5.60. The third-order valence-electron chi connectivity index (χ3n) is 4.04. The Morgan fingerprint density at radius 1 is 1.04 bits per heavy atom. The first-order valence-corrected chi connectivity index (χ1v) is 8.48. The van der Waals surface area contributed by atoms with E-state index in [1.54, 1.807) is 6.20 Å². The summed E-state index contributed by atoms with van der Waals surface area (Å²) in [5, 5.41) is 1.08. The Morgan fingerprint density at radius 2 is 2.00 bits per heavy atom. The van der Waals surface area contributed by atoms with Gasteiger partial charge in [0.15, 0.2) is 0 Å². The monoisotopic (exact) mass is 362 g/mol. The normalized spacial score (nSPS) is 14.0. The lowest BCUT2D eigenvalue weighted by Gasteiger charge is -2.12. The van der Waals surface area contributed by atoms with Gasteiger partial charge in [0.2, 0.25) is 0 Å². The summed E-state index contributed by atoms with van der Waals surface area (Å²) < 4.78 is 1.07. The number of allylic oxidation sites excluding steroid dienone is 4. The molecule has 1 aliphatic carbocycles. The third kappa shape index (κ3) is 2.84. The molecule has 0 unspecified atom stereocenters. The van der Waals surface area contributed by atoms with Crippen molar-refractivity contribution in [3.05, 3.63) is 77.2 Å². The highest BCUT2D eigenvalue weighted by Gasteiger charge is 2.11. The van der Waals surface area contributed by atoms with Crippen LogP contribution in [0.1, 0.15) is 18.5 Å². The number of rotatable bonds is 2. The van der Waals surface area contributed by atoms with E-state index in [0.29, 0.717) is 0 Å². The zero-order valence-corrected chi connectivity index (χ0v) is 14.1. The summed E-state index contributed by atoms with van der Waals surface area (Å²) in [6.07, 6.45) is 12.5. The van der Waals surface area contributed by atoms with Gasteiger partial charge in [-0.15, -0.1) is 0 Å². The molecule has 0 bridgehead atoms. The number of hydrogen-bond acceptors (Lipinski definition) is 2. The SMILES string of the molecule is Brc1cccc(-c2cc(C3=CCCC=C3)nc3ccncc23)c1. The molecule has 0 fully saturated rings. The topological polar surface area (TPSA) is 25.8 Å². The molecule has 1 aliphatic rings. The van der Waals surface area contributed by atoms with Crippen molar-refractivity contribution in [3.8, 4) is 11.1 Å². The fourth-order valence-corrected chi connectivity index (χ4v) is 3.31. The van der Waals surface area contributed by atoms with Crippen molar-refractivity contribution in [3.63, 3.8) is 0 Å². The van der Waals surface area contributed by atoms with E-state index in [1.807, 2.05) is 18.3 Å². The van der Waals surface area contributed by atoms with E-state index in [4.69, 9.17) is 4.98 Å². The number of benzene rings is 1. The lowest BCUT2D eigenvalue weighted by Crippen LogP contribution is -1.94.